The molecule has 2 N–H and O–H groups in total. The number of methoxy groups -OCH3 is 1. The molecule has 0 spiro atoms. The molecule has 7 nitrogen and oxygen atoms in total. The van der Waals surface area contributed by atoms with Gasteiger partial charge in [-0.1, -0.05) is 13.0 Å². The molecule has 0 aliphatic heterocycles. The molecule has 7 heteroatoms. The third kappa shape index (κ3) is 4.97. The van der Waals surface area contributed by atoms with Crippen LogP contribution in [0, 0.1) is 19.8 Å². The minimum atomic E-state index is -0.207. The largest absolute Gasteiger partial charge is 0.481 e. The highest BCUT2D eigenvalue weighted by molar-refractivity contribution is 5.73. The number of nitrogens with zero attached hydrogens (tertiary/aromatic N) is 3. The van der Waals surface area contributed by atoms with Crippen molar-refractivity contribution in [3.05, 3.63) is 41.3 Å². The van der Waals surface area contributed by atoms with Crippen molar-refractivity contribution in [1.82, 2.24) is 25.4 Å². The molecule has 0 saturated carbocycles. The molecule has 1 unspecified atom stereocenters. The zero-order valence-electron chi connectivity index (χ0n) is 14.7. The van der Waals surface area contributed by atoms with Crippen molar-refractivity contribution in [1.29, 1.82) is 0 Å². The van der Waals surface area contributed by atoms with Crippen LogP contribution in [0.3, 0.4) is 0 Å². The van der Waals surface area contributed by atoms with E-state index < -0.39 is 0 Å². The van der Waals surface area contributed by atoms with Crippen molar-refractivity contribution in [3.8, 4) is 5.88 Å². The Morgan fingerprint density at radius 2 is 2.17 bits per heavy atom. The summed E-state index contributed by atoms with van der Waals surface area (Å²) in [6.07, 6.45) is 1.66. The molecule has 0 aliphatic rings. The number of pyridine rings is 1. The normalized spacial score (nSPS) is 11.8. The van der Waals surface area contributed by atoms with Gasteiger partial charge in [0.15, 0.2) is 0 Å². The topological polar surface area (TPSA) is 81.1 Å². The Morgan fingerprint density at radius 1 is 1.38 bits per heavy atom. The summed E-state index contributed by atoms with van der Waals surface area (Å²) in [6.45, 7) is 7.82. The minimum absolute atomic E-state index is 0.207. The van der Waals surface area contributed by atoms with Crippen LogP contribution in [-0.2, 0) is 13.1 Å². The van der Waals surface area contributed by atoms with Gasteiger partial charge in [-0.3, -0.25) is 4.68 Å². The molecule has 2 aromatic heterocycles. The van der Waals surface area contributed by atoms with Crippen molar-refractivity contribution in [3.63, 3.8) is 0 Å². The van der Waals surface area contributed by atoms with Gasteiger partial charge in [0, 0.05) is 37.1 Å². The molecule has 2 aromatic rings. The van der Waals surface area contributed by atoms with Gasteiger partial charge in [0.05, 0.1) is 12.8 Å². The van der Waals surface area contributed by atoms with Gasteiger partial charge in [0.1, 0.15) is 0 Å². The van der Waals surface area contributed by atoms with Gasteiger partial charge < -0.3 is 15.4 Å². The van der Waals surface area contributed by atoms with Gasteiger partial charge in [0.2, 0.25) is 5.88 Å². The second-order valence-corrected chi connectivity index (χ2v) is 5.95. The lowest BCUT2D eigenvalue weighted by atomic mass is 10.2. The van der Waals surface area contributed by atoms with Gasteiger partial charge in [-0.2, -0.15) is 5.10 Å². The highest BCUT2D eigenvalue weighted by Crippen LogP contribution is 2.12. The Morgan fingerprint density at radius 3 is 2.83 bits per heavy atom. The lowest BCUT2D eigenvalue weighted by molar-refractivity contribution is 0.238. The van der Waals surface area contributed by atoms with E-state index in [0.717, 1.165) is 23.5 Å². The number of hydrogen-bond acceptors (Lipinski definition) is 4. The van der Waals surface area contributed by atoms with Gasteiger partial charge in [-0.15, -0.1) is 0 Å². The van der Waals surface area contributed by atoms with E-state index in [4.69, 9.17) is 4.74 Å². The number of ether oxygens (including phenoxy) is 1. The van der Waals surface area contributed by atoms with Crippen LogP contribution in [0.1, 0.15) is 23.9 Å². The summed E-state index contributed by atoms with van der Waals surface area (Å²) in [6, 6.07) is 5.53. The van der Waals surface area contributed by atoms with Crippen molar-refractivity contribution in [2.45, 2.75) is 33.9 Å². The maximum absolute atomic E-state index is 11.9. The monoisotopic (exact) mass is 331 g/mol. The van der Waals surface area contributed by atoms with E-state index in [-0.39, 0.29) is 11.9 Å². The fourth-order valence-electron chi connectivity index (χ4n) is 2.47. The Kier molecular flexibility index (Phi) is 6.17. The molecule has 0 fully saturated rings. The summed E-state index contributed by atoms with van der Waals surface area (Å²) >= 11 is 0. The second kappa shape index (κ2) is 8.33. The van der Waals surface area contributed by atoms with Crippen LogP contribution in [0.2, 0.25) is 0 Å². The van der Waals surface area contributed by atoms with E-state index in [1.807, 2.05) is 36.7 Å². The zero-order valence-corrected chi connectivity index (χ0v) is 14.7. The number of hydrogen-bond donors (Lipinski definition) is 2. The maximum atomic E-state index is 11.9. The van der Waals surface area contributed by atoms with Crippen molar-refractivity contribution < 1.29 is 9.53 Å². The van der Waals surface area contributed by atoms with Gasteiger partial charge >= 0.3 is 6.03 Å². The summed E-state index contributed by atoms with van der Waals surface area (Å²) in [4.78, 5) is 16.0. The molecule has 2 rings (SSSR count). The average Bonchev–Trinajstić information content (AvgIpc) is 2.88. The first-order valence-corrected chi connectivity index (χ1v) is 8.00. The quantitative estimate of drug-likeness (QED) is 0.813. The maximum Gasteiger partial charge on any atom is 0.315 e. The van der Waals surface area contributed by atoms with Gasteiger partial charge in [-0.25, -0.2) is 9.78 Å². The van der Waals surface area contributed by atoms with E-state index in [1.54, 1.807) is 13.3 Å². The molecule has 0 radical (unpaired) electrons. The molecule has 24 heavy (non-hydrogen) atoms. The molecular formula is C17H25N5O2. The molecule has 2 amide bonds. The zero-order chi connectivity index (χ0) is 17.5. The molecule has 1 atom stereocenters. The lowest BCUT2D eigenvalue weighted by Gasteiger charge is -2.15. The van der Waals surface area contributed by atoms with Crippen LogP contribution >= 0.6 is 0 Å². The smallest absolute Gasteiger partial charge is 0.315 e. The summed E-state index contributed by atoms with van der Waals surface area (Å²) in [7, 11) is 1.56. The van der Waals surface area contributed by atoms with E-state index in [1.165, 1.54) is 0 Å². The first-order chi connectivity index (χ1) is 11.5. The Labute approximate surface area is 142 Å². The van der Waals surface area contributed by atoms with Crippen LogP contribution in [-0.4, -0.2) is 34.5 Å². The van der Waals surface area contributed by atoms with Crippen molar-refractivity contribution >= 4 is 6.03 Å². The van der Waals surface area contributed by atoms with Crippen LogP contribution in [0.25, 0.3) is 0 Å². The van der Waals surface area contributed by atoms with Crippen LogP contribution in [0.15, 0.2) is 24.4 Å². The Bertz CT molecular complexity index is 683. The molecule has 2 heterocycles. The minimum Gasteiger partial charge on any atom is -0.481 e. The second-order valence-electron chi connectivity index (χ2n) is 5.95. The summed E-state index contributed by atoms with van der Waals surface area (Å²) in [5.41, 5.74) is 2.98. The van der Waals surface area contributed by atoms with Gasteiger partial charge in [0.25, 0.3) is 0 Å². The number of aromatic nitrogens is 3. The number of nitrogens with one attached hydrogen (secondary N) is 2. The molecular weight excluding hydrogens is 306 g/mol. The summed E-state index contributed by atoms with van der Waals surface area (Å²) in [5.74, 6) is 0.803. The third-order valence-corrected chi connectivity index (χ3v) is 3.68. The van der Waals surface area contributed by atoms with Crippen LogP contribution in [0.5, 0.6) is 5.88 Å². The molecule has 0 saturated heterocycles. The SMILES string of the molecule is COc1ncccc1CNC(=O)NCC(C)Cn1nc(C)cc1C. The fourth-order valence-corrected chi connectivity index (χ4v) is 2.47. The Balaban J connectivity index is 1.75. The highest BCUT2D eigenvalue weighted by atomic mass is 16.5. The molecule has 0 bridgehead atoms. The van der Waals surface area contributed by atoms with Crippen LogP contribution in [0.4, 0.5) is 4.79 Å². The first kappa shape index (κ1) is 17.8. The molecule has 0 aliphatic carbocycles. The highest BCUT2D eigenvalue weighted by Gasteiger charge is 2.10. The Hall–Kier alpha value is -2.57. The summed E-state index contributed by atoms with van der Waals surface area (Å²) < 4.78 is 7.14. The lowest BCUT2D eigenvalue weighted by Crippen LogP contribution is -2.38. The fraction of sp³-hybridized carbons (Fsp3) is 0.471. The van der Waals surface area contributed by atoms with Crippen molar-refractivity contribution in [2.75, 3.05) is 13.7 Å². The summed E-state index contributed by atoms with van der Waals surface area (Å²) in [5, 5.41) is 10.1. The number of carbonyl (C=O) groups is 1. The number of carbonyl (C=O) groups excluding carboxylic acids is 1. The van der Waals surface area contributed by atoms with E-state index in [0.29, 0.717) is 19.0 Å². The first-order valence-electron chi connectivity index (χ1n) is 8.00. The van der Waals surface area contributed by atoms with Crippen LogP contribution < -0.4 is 15.4 Å². The number of amides is 2. The average molecular weight is 331 g/mol. The third-order valence-electron chi connectivity index (χ3n) is 3.68. The van der Waals surface area contributed by atoms with E-state index >= 15 is 0 Å². The standard InChI is InChI=1S/C17H25N5O2/c1-12(11-22-14(3)8-13(2)21-22)9-19-17(23)20-10-15-6-5-7-18-16(15)24-4/h5-8,12H,9-11H2,1-4H3,(H2,19,20,23). The van der Waals surface area contributed by atoms with Crippen molar-refractivity contribution in [2.24, 2.45) is 5.92 Å². The predicted octanol–water partition coefficient (Wildman–Crippen LogP) is 2.04. The molecule has 130 valence electrons. The predicted molar refractivity (Wildman–Crippen MR) is 91.9 cm³/mol. The van der Waals surface area contributed by atoms with Gasteiger partial charge in [-0.05, 0) is 31.9 Å². The number of rotatable bonds is 7. The molecule has 0 aromatic carbocycles. The van der Waals surface area contributed by atoms with E-state index in [9.17, 15) is 4.79 Å². The van der Waals surface area contributed by atoms with E-state index in [2.05, 4.69) is 27.6 Å². The number of aryl methyl sites for hydroxylation is 2. The number of urea groups is 1.